The van der Waals surface area contributed by atoms with Gasteiger partial charge in [-0.2, -0.15) is 0 Å². The first-order valence-corrected chi connectivity index (χ1v) is 8.81. The highest BCUT2D eigenvalue weighted by atomic mass is 14.7. The van der Waals surface area contributed by atoms with Crippen LogP contribution in [0.3, 0.4) is 0 Å². The Kier molecular flexibility index (Phi) is 3.93. The molecule has 0 saturated heterocycles. The van der Waals surface area contributed by atoms with Crippen molar-refractivity contribution < 1.29 is 0 Å². The second kappa shape index (κ2) is 6.24. The van der Waals surface area contributed by atoms with E-state index in [9.17, 15) is 0 Å². The molecular weight excluding hydrogens is 290 g/mol. The monoisotopic (exact) mass is 313 g/mol. The topological polar surface area (TPSA) is 12.9 Å². The smallest absolute Gasteiger partial charge is 0.0522 e. The van der Waals surface area contributed by atoms with Gasteiger partial charge in [0.25, 0.3) is 0 Å². The van der Waals surface area contributed by atoms with Gasteiger partial charge in [-0.3, -0.25) is 4.98 Å². The van der Waals surface area contributed by atoms with Crippen molar-refractivity contribution in [2.24, 2.45) is 0 Å². The van der Waals surface area contributed by atoms with Gasteiger partial charge in [0.2, 0.25) is 0 Å². The number of rotatable bonds is 4. The van der Waals surface area contributed by atoms with Gasteiger partial charge in [0.1, 0.15) is 0 Å². The molecule has 3 aromatic rings. The van der Waals surface area contributed by atoms with Crippen molar-refractivity contribution in [3.8, 4) is 0 Å². The predicted octanol–water partition coefficient (Wildman–Crippen LogP) is 5.76. The maximum Gasteiger partial charge on any atom is 0.0522 e. The van der Waals surface area contributed by atoms with E-state index in [2.05, 4.69) is 68.4 Å². The van der Waals surface area contributed by atoms with E-state index in [1.54, 1.807) is 0 Å². The van der Waals surface area contributed by atoms with Gasteiger partial charge in [-0.1, -0.05) is 48.5 Å². The first-order chi connectivity index (χ1) is 11.8. The van der Waals surface area contributed by atoms with E-state index in [1.807, 2.05) is 12.3 Å². The molecule has 1 heteroatoms. The summed E-state index contributed by atoms with van der Waals surface area (Å²) in [6, 6.07) is 21.8. The molecule has 1 saturated carbocycles. The molecule has 0 N–H and O–H groups in total. The van der Waals surface area contributed by atoms with Gasteiger partial charge in [0.05, 0.1) is 11.6 Å². The first kappa shape index (κ1) is 15.1. The molecule has 0 amide bonds. The highest BCUT2D eigenvalue weighted by molar-refractivity contribution is 5.51. The zero-order valence-electron chi connectivity index (χ0n) is 14.4. The maximum atomic E-state index is 4.73. The minimum absolute atomic E-state index is 0.212. The Bertz CT molecular complexity index is 847. The van der Waals surface area contributed by atoms with Gasteiger partial charge < -0.3 is 0 Å². The van der Waals surface area contributed by atoms with E-state index in [4.69, 9.17) is 4.98 Å². The fraction of sp³-hybridized carbons (Fsp3) is 0.261. The molecule has 1 aliphatic rings. The number of nitrogens with zero attached hydrogens (tertiary/aromatic N) is 1. The lowest BCUT2D eigenvalue weighted by molar-refractivity contribution is 0.873. The lowest BCUT2D eigenvalue weighted by Gasteiger charge is -2.24. The molecule has 1 heterocycles. The van der Waals surface area contributed by atoms with Crippen molar-refractivity contribution in [2.45, 2.75) is 38.5 Å². The highest BCUT2D eigenvalue weighted by Gasteiger charge is 2.31. The zero-order chi connectivity index (χ0) is 16.5. The predicted molar refractivity (Wildman–Crippen MR) is 99.5 cm³/mol. The fourth-order valence-corrected chi connectivity index (χ4v) is 3.77. The summed E-state index contributed by atoms with van der Waals surface area (Å²) in [6.07, 6.45) is 4.55. The summed E-state index contributed by atoms with van der Waals surface area (Å²) in [4.78, 5) is 4.73. The third kappa shape index (κ3) is 2.75. The van der Waals surface area contributed by atoms with Crippen molar-refractivity contribution in [3.05, 3.63) is 100 Å². The molecule has 4 rings (SSSR count). The summed E-state index contributed by atoms with van der Waals surface area (Å²) < 4.78 is 0. The van der Waals surface area contributed by atoms with Crippen LogP contribution in [0.2, 0.25) is 0 Å². The molecular formula is C23H23N. The molecule has 1 atom stereocenters. The van der Waals surface area contributed by atoms with Crippen molar-refractivity contribution >= 4 is 0 Å². The maximum absolute atomic E-state index is 4.73. The van der Waals surface area contributed by atoms with Gasteiger partial charge in [0, 0.05) is 6.20 Å². The van der Waals surface area contributed by atoms with Crippen molar-refractivity contribution in [1.29, 1.82) is 0 Å². The Morgan fingerprint density at radius 1 is 0.833 bits per heavy atom. The average molecular weight is 313 g/mol. The van der Waals surface area contributed by atoms with E-state index in [-0.39, 0.29) is 5.92 Å². The normalized spacial score (nSPS) is 15.2. The van der Waals surface area contributed by atoms with Crippen molar-refractivity contribution in [2.75, 3.05) is 0 Å². The average Bonchev–Trinajstić information content (AvgIpc) is 3.44. The molecule has 1 nitrogen and oxygen atoms in total. The van der Waals surface area contributed by atoms with E-state index in [0.717, 1.165) is 11.6 Å². The van der Waals surface area contributed by atoms with Gasteiger partial charge in [0.15, 0.2) is 0 Å². The third-order valence-electron chi connectivity index (χ3n) is 5.15. The molecule has 1 unspecified atom stereocenters. The largest absolute Gasteiger partial charge is 0.260 e. The summed E-state index contributed by atoms with van der Waals surface area (Å²) >= 11 is 0. The SMILES string of the molecule is Cc1ccccc1C(c1ccccn1)c1c(C)cccc1C1CC1. The van der Waals surface area contributed by atoms with Crippen LogP contribution < -0.4 is 0 Å². The van der Waals surface area contributed by atoms with Crippen LogP contribution >= 0.6 is 0 Å². The van der Waals surface area contributed by atoms with Gasteiger partial charge in [-0.25, -0.2) is 0 Å². The van der Waals surface area contributed by atoms with Crippen LogP contribution in [0.5, 0.6) is 0 Å². The zero-order valence-corrected chi connectivity index (χ0v) is 14.4. The standard InChI is InChI=1S/C23H23N/c1-16-8-3-4-10-19(16)23(21-12-5-6-15-24-21)22-17(2)9-7-11-20(22)18-13-14-18/h3-12,15,18,23H,13-14H2,1-2H3. The summed E-state index contributed by atoms with van der Waals surface area (Å²) in [6.45, 7) is 4.45. The molecule has 1 aromatic heterocycles. The molecule has 1 aliphatic carbocycles. The van der Waals surface area contributed by atoms with Gasteiger partial charge in [-0.05, 0) is 72.6 Å². The molecule has 0 aliphatic heterocycles. The Morgan fingerprint density at radius 3 is 2.29 bits per heavy atom. The molecule has 0 radical (unpaired) electrons. The summed E-state index contributed by atoms with van der Waals surface area (Å²) in [5, 5.41) is 0. The lowest BCUT2D eigenvalue weighted by Crippen LogP contribution is -2.11. The molecule has 0 spiro atoms. The number of aromatic nitrogens is 1. The van der Waals surface area contributed by atoms with E-state index < -0.39 is 0 Å². The Balaban J connectivity index is 1.97. The van der Waals surface area contributed by atoms with Crippen LogP contribution in [-0.4, -0.2) is 4.98 Å². The minimum Gasteiger partial charge on any atom is -0.260 e. The van der Waals surface area contributed by atoms with Crippen molar-refractivity contribution in [1.82, 2.24) is 4.98 Å². The molecule has 120 valence electrons. The quantitative estimate of drug-likeness (QED) is 0.597. The molecule has 2 aromatic carbocycles. The van der Waals surface area contributed by atoms with Crippen LogP contribution in [0, 0.1) is 13.8 Å². The highest BCUT2D eigenvalue weighted by Crippen LogP contribution is 2.46. The molecule has 1 fully saturated rings. The second-order valence-electron chi connectivity index (χ2n) is 6.90. The Hall–Kier alpha value is -2.41. The summed E-state index contributed by atoms with van der Waals surface area (Å²) in [7, 11) is 0. The Labute approximate surface area is 144 Å². The fourth-order valence-electron chi connectivity index (χ4n) is 3.77. The first-order valence-electron chi connectivity index (χ1n) is 8.81. The second-order valence-corrected chi connectivity index (χ2v) is 6.90. The lowest BCUT2D eigenvalue weighted by atomic mass is 9.80. The van der Waals surface area contributed by atoms with E-state index >= 15 is 0 Å². The number of hydrogen-bond donors (Lipinski definition) is 0. The van der Waals surface area contributed by atoms with Crippen LogP contribution in [0.4, 0.5) is 0 Å². The van der Waals surface area contributed by atoms with Gasteiger partial charge in [-0.15, -0.1) is 0 Å². The molecule has 24 heavy (non-hydrogen) atoms. The van der Waals surface area contributed by atoms with Crippen molar-refractivity contribution in [3.63, 3.8) is 0 Å². The summed E-state index contributed by atoms with van der Waals surface area (Å²) in [5.74, 6) is 0.944. The molecule has 0 bridgehead atoms. The van der Waals surface area contributed by atoms with E-state index in [0.29, 0.717) is 0 Å². The number of pyridine rings is 1. The number of aryl methyl sites for hydroxylation is 2. The van der Waals surface area contributed by atoms with Crippen LogP contribution in [0.1, 0.15) is 58.2 Å². The van der Waals surface area contributed by atoms with Gasteiger partial charge >= 0.3 is 0 Å². The van der Waals surface area contributed by atoms with Crippen LogP contribution in [-0.2, 0) is 0 Å². The summed E-state index contributed by atoms with van der Waals surface area (Å²) in [5.41, 5.74) is 8.20. The third-order valence-corrected chi connectivity index (χ3v) is 5.15. The van der Waals surface area contributed by atoms with Crippen LogP contribution in [0.15, 0.2) is 66.9 Å². The number of hydrogen-bond acceptors (Lipinski definition) is 1. The number of benzene rings is 2. The minimum atomic E-state index is 0.212. The van der Waals surface area contributed by atoms with E-state index in [1.165, 1.54) is 40.7 Å². The van der Waals surface area contributed by atoms with Crippen LogP contribution in [0.25, 0.3) is 0 Å². The Morgan fingerprint density at radius 2 is 1.58 bits per heavy atom.